The predicted octanol–water partition coefficient (Wildman–Crippen LogP) is -0.108. The van der Waals surface area contributed by atoms with E-state index in [9.17, 15) is 14.4 Å². The first kappa shape index (κ1) is 15.9. The van der Waals surface area contributed by atoms with Gasteiger partial charge in [-0.25, -0.2) is 0 Å². The zero-order valence-corrected chi connectivity index (χ0v) is 12.6. The van der Waals surface area contributed by atoms with Gasteiger partial charge in [0, 0.05) is 58.5 Å². The summed E-state index contributed by atoms with van der Waals surface area (Å²) in [5, 5.41) is 2.70. The topological polar surface area (TPSA) is 82.6 Å². The molecule has 2 heterocycles. The van der Waals surface area contributed by atoms with Crippen molar-refractivity contribution in [2.45, 2.75) is 13.3 Å². The number of rotatable bonds is 4. The lowest BCUT2D eigenvalue weighted by atomic mass is 10.2. The molecule has 0 unspecified atom stereocenters. The van der Waals surface area contributed by atoms with Crippen molar-refractivity contribution in [2.24, 2.45) is 0 Å². The van der Waals surface area contributed by atoms with Gasteiger partial charge in [-0.1, -0.05) is 0 Å². The summed E-state index contributed by atoms with van der Waals surface area (Å²) in [6.45, 7) is 4.07. The molecule has 3 amide bonds. The van der Waals surface area contributed by atoms with E-state index in [4.69, 9.17) is 0 Å². The average molecular weight is 304 g/mol. The molecular formula is C15H20N4O3. The Hall–Kier alpha value is -2.44. The summed E-state index contributed by atoms with van der Waals surface area (Å²) >= 11 is 0. The van der Waals surface area contributed by atoms with Crippen LogP contribution in [-0.4, -0.2) is 65.2 Å². The van der Waals surface area contributed by atoms with Gasteiger partial charge >= 0.3 is 0 Å². The van der Waals surface area contributed by atoms with Crippen LogP contribution < -0.4 is 5.32 Å². The molecule has 1 saturated heterocycles. The van der Waals surface area contributed by atoms with Crippen LogP contribution in [0.1, 0.15) is 23.7 Å². The number of hydrogen-bond acceptors (Lipinski definition) is 4. The van der Waals surface area contributed by atoms with E-state index in [1.165, 1.54) is 13.1 Å². The van der Waals surface area contributed by atoms with Gasteiger partial charge in [0.25, 0.3) is 5.91 Å². The highest BCUT2D eigenvalue weighted by Crippen LogP contribution is 2.04. The molecule has 7 nitrogen and oxygen atoms in total. The molecule has 1 aliphatic rings. The van der Waals surface area contributed by atoms with Crippen LogP contribution in [0.3, 0.4) is 0 Å². The lowest BCUT2D eigenvalue weighted by Crippen LogP contribution is -2.50. The van der Waals surface area contributed by atoms with E-state index < -0.39 is 0 Å². The maximum Gasteiger partial charge on any atom is 0.252 e. The van der Waals surface area contributed by atoms with Crippen molar-refractivity contribution in [2.75, 3.05) is 32.7 Å². The average Bonchev–Trinajstić information content (AvgIpc) is 2.55. The molecule has 0 radical (unpaired) electrons. The van der Waals surface area contributed by atoms with Gasteiger partial charge in [-0.05, 0) is 12.1 Å². The Morgan fingerprint density at radius 3 is 2.45 bits per heavy atom. The van der Waals surface area contributed by atoms with Gasteiger partial charge in [0.05, 0.1) is 5.56 Å². The Labute approximate surface area is 129 Å². The molecule has 118 valence electrons. The fourth-order valence-corrected chi connectivity index (χ4v) is 2.31. The van der Waals surface area contributed by atoms with Crippen molar-refractivity contribution in [3.63, 3.8) is 0 Å². The summed E-state index contributed by atoms with van der Waals surface area (Å²) in [6.07, 6.45) is 3.34. The lowest BCUT2D eigenvalue weighted by Gasteiger charge is -2.34. The van der Waals surface area contributed by atoms with E-state index in [1.807, 2.05) is 0 Å². The van der Waals surface area contributed by atoms with Crippen molar-refractivity contribution in [3.05, 3.63) is 30.1 Å². The van der Waals surface area contributed by atoms with E-state index >= 15 is 0 Å². The predicted molar refractivity (Wildman–Crippen MR) is 80.0 cm³/mol. The standard InChI is InChI=1S/C15H20N4O3/c1-12(20)18-7-9-19(10-8-18)14(21)4-6-17-15(22)13-3-2-5-16-11-13/h2-3,5,11H,4,6-10H2,1H3,(H,17,22). The monoisotopic (exact) mass is 304 g/mol. The third-order valence-corrected chi connectivity index (χ3v) is 3.63. The molecule has 0 atom stereocenters. The molecule has 1 aliphatic heterocycles. The van der Waals surface area contributed by atoms with Crippen molar-refractivity contribution < 1.29 is 14.4 Å². The van der Waals surface area contributed by atoms with E-state index in [2.05, 4.69) is 10.3 Å². The molecule has 7 heteroatoms. The number of carbonyl (C=O) groups is 3. The second kappa shape index (κ2) is 7.53. The first-order chi connectivity index (χ1) is 10.6. The number of pyridine rings is 1. The van der Waals surface area contributed by atoms with Gasteiger partial charge in [0.2, 0.25) is 11.8 Å². The molecule has 0 aromatic carbocycles. The molecule has 1 aromatic heterocycles. The van der Waals surface area contributed by atoms with Crippen LogP contribution >= 0.6 is 0 Å². The minimum Gasteiger partial charge on any atom is -0.351 e. The highest BCUT2D eigenvalue weighted by molar-refractivity contribution is 5.94. The first-order valence-corrected chi connectivity index (χ1v) is 7.29. The molecule has 0 bridgehead atoms. The highest BCUT2D eigenvalue weighted by Gasteiger charge is 2.21. The van der Waals surface area contributed by atoms with Gasteiger partial charge in [-0.3, -0.25) is 19.4 Å². The summed E-state index contributed by atoms with van der Waals surface area (Å²) in [6, 6.07) is 3.36. The van der Waals surface area contributed by atoms with Crippen LogP contribution in [-0.2, 0) is 9.59 Å². The Kier molecular flexibility index (Phi) is 5.46. The summed E-state index contributed by atoms with van der Waals surface area (Å²) in [5.41, 5.74) is 0.477. The maximum absolute atomic E-state index is 12.1. The Morgan fingerprint density at radius 1 is 1.18 bits per heavy atom. The third kappa shape index (κ3) is 4.28. The van der Waals surface area contributed by atoms with E-state index in [1.54, 1.807) is 28.1 Å². The molecule has 0 aliphatic carbocycles. The van der Waals surface area contributed by atoms with Gasteiger partial charge < -0.3 is 15.1 Å². The zero-order chi connectivity index (χ0) is 15.9. The molecule has 2 rings (SSSR count). The number of carbonyl (C=O) groups excluding carboxylic acids is 3. The SMILES string of the molecule is CC(=O)N1CCN(C(=O)CCNC(=O)c2cccnc2)CC1. The smallest absolute Gasteiger partial charge is 0.252 e. The summed E-state index contributed by atoms with van der Waals surface area (Å²) in [4.78, 5) is 42.4. The molecule has 1 fully saturated rings. The lowest BCUT2D eigenvalue weighted by molar-refractivity contribution is -0.138. The minimum atomic E-state index is -0.234. The number of amides is 3. The first-order valence-electron chi connectivity index (χ1n) is 7.29. The quantitative estimate of drug-likeness (QED) is 0.841. The van der Waals surface area contributed by atoms with Gasteiger partial charge in [-0.2, -0.15) is 0 Å². The third-order valence-electron chi connectivity index (χ3n) is 3.63. The second-order valence-corrected chi connectivity index (χ2v) is 5.13. The molecule has 1 N–H and O–H groups in total. The van der Waals surface area contributed by atoms with E-state index in [0.717, 1.165) is 0 Å². The Morgan fingerprint density at radius 2 is 1.86 bits per heavy atom. The van der Waals surface area contributed by atoms with Crippen LogP contribution in [0.25, 0.3) is 0 Å². The number of hydrogen-bond donors (Lipinski definition) is 1. The zero-order valence-electron chi connectivity index (χ0n) is 12.6. The van der Waals surface area contributed by atoms with E-state index in [0.29, 0.717) is 38.3 Å². The largest absolute Gasteiger partial charge is 0.351 e. The molecular weight excluding hydrogens is 284 g/mol. The summed E-state index contributed by atoms with van der Waals surface area (Å²) in [5.74, 6) is -0.201. The molecule has 0 saturated carbocycles. The number of piperazine rings is 1. The Bertz CT molecular complexity index is 539. The maximum atomic E-state index is 12.1. The normalized spacial score (nSPS) is 14.6. The molecule has 1 aromatic rings. The van der Waals surface area contributed by atoms with Crippen molar-refractivity contribution in [1.82, 2.24) is 20.1 Å². The highest BCUT2D eigenvalue weighted by atomic mass is 16.2. The Balaban J connectivity index is 1.70. The number of aromatic nitrogens is 1. The molecule has 22 heavy (non-hydrogen) atoms. The second-order valence-electron chi connectivity index (χ2n) is 5.13. The minimum absolute atomic E-state index is 0.00492. The van der Waals surface area contributed by atoms with Crippen molar-refractivity contribution in [1.29, 1.82) is 0 Å². The van der Waals surface area contributed by atoms with Crippen LogP contribution in [0.5, 0.6) is 0 Å². The molecule has 0 spiro atoms. The van der Waals surface area contributed by atoms with Gasteiger partial charge in [0.15, 0.2) is 0 Å². The number of nitrogens with one attached hydrogen (secondary N) is 1. The fourth-order valence-electron chi connectivity index (χ4n) is 2.31. The van der Waals surface area contributed by atoms with Gasteiger partial charge in [0.1, 0.15) is 0 Å². The van der Waals surface area contributed by atoms with Gasteiger partial charge in [-0.15, -0.1) is 0 Å². The fraction of sp³-hybridized carbons (Fsp3) is 0.467. The van der Waals surface area contributed by atoms with Crippen LogP contribution in [0.4, 0.5) is 0 Å². The number of nitrogens with zero attached hydrogens (tertiary/aromatic N) is 3. The van der Waals surface area contributed by atoms with Crippen LogP contribution in [0.2, 0.25) is 0 Å². The van der Waals surface area contributed by atoms with Crippen molar-refractivity contribution >= 4 is 17.7 Å². The van der Waals surface area contributed by atoms with Crippen LogP contribution in [0, 0.1) is 0 Å². The summed E-state index contributed by atoms with van der Waals surface area (Å²) < 4.78 is 0. The van der Waals surface area contributed by atoms with E-state index in [-0.39, 0.29) is 24.1 Å². The van der Waals surface area contributed by atoms with Crippen LogP contribution in [0.15, 0.2) is 24.5 Å². The summed E-state index contributed by atoms with van der Waals surface area (Å²) in [7, 11) is 0. The van der Waals surface area contributed by atoms with Crippen molar-refractivity contribution in [3.8, 4) is 0 Å².